The van der Waals surface area contributed by atoms with Gasteiger partial charge in [-0.05, 0) is 19.8 Å². The highest BCUT2D eigenvalue weighted by Crippen LogP contribution is 2.34. The Kier molecular flexibility index (Phi) is 2.77. The number of aromatic nitrogens is 2. The van der Waals surface area contributed by atoms with Gasteiger partial charge in [-0.1, -0.05) is 12.8 Å². The van der Waals surface area contributed by atoms with Crippen LogP contribution in [0.4, 0.5) is 0 Å². The van der Waals surface area contributed by atoms with Crippen LogP contribution in [-0.2, 0) is 6.54 Å². The van der Waals surface area contributed by atoms with Crippen LogP contribution in [0.25, 0.3) is 0 Å². The molecule has 1 heterocycles. The van der Waals surface area contributed by atoms with Crippen LogP contribution in [-0.4, -0.2) is 9.97 Å². The fourth-order valence-corrected chi connectivity index (χ4v) is 2.32. The highest BCUT2D eigenvalue weighted by Gasteiger charge is 2.21. The average Bonchev–Trinajstić information content (AvgIpc) is 2.70. The molecule has 0 unspecified atom stereocenters. The average molecular weight is 191 g/mol. The summed E-state index contributed by atoms with van der Waals surface area (Å²) in [6.07, 6.45) is 6.87. The van der Waals surface area contributed by atoms with Gasteiger partial charge in [-0.2, -0.15) is 0 Å². The van der Waals surface area contributed by atoms with Crippen molar-refractivity contribution in [2.75, 3.05) is 0 Å². The SMILES string of the molecule is Cc1ncnc(C2CCCC2)c1CN. The number of aryl methyl sites for hydroxylation is 1. The molecule has 1 aromatic heterocycles. The van der Waals surface area contributed by atoms with E-state index in [1.807, 2.05) is 6.92 Å². The molecule has 0 radical (unpaired) electrons. The summed E-state index contributed by atoms with van der Waals surface area (Å²) in [5, 5.41) is 0. The third-order valence-electron chi connectivity index (χ3n) is 3.14. The molecule has 2 N–H and O–H groups in total. The Bertz CT molecular complexity index is 316. The van der Waals surface area contributed by atoms with Gasteiger partial charge in [0.2, 0.25) is 0 Å². The molecule has 2 rings (SSSR count). The van der Waals surface area contributed by atoms with E-state index in [4.69, 9.17) is 5.73 Å². The standard InChI is InChI=1S/C11H17N3/c1-8-10(6-12)11(14-7-13-8)9-4-2-3-5-9/h7,9H,2-6,12H2,1H3. The lowest BCUT2D eigenvalue weighted by Crippen LogP contribution is -2.10. The summed E-state index contributed by atoms with van der Waals surface area (Å²) < 4.78 is 0. The van der Waals surface area contributed by atoms with E-state index < -0.39 is 0 Å². The molecule has 0 aliphatic heterocycles. The zero-order valence-electron chi connectivity index (χ0n) is 8.66. The first-order chi connectivity index (χ1) is 6.83. The maximum atomic E-state index is 5.74. The second-order valence-electron chi connectivity index (χ2n) is 4.01. The van der Waals surface area contributed by atoms with Crippen molar-refractivity contribution in [3.63, 3.8) is 0 Å². The molecule has 0 bridgehead atoms. The normalized spacial score (nSPS) is 17.6. The third kappa shape index (κ3) is 1.64. The molecule has 0 saturated heterocycles. The van der Waals surface area contributed by atoms with Crippen molar-refractivity contribution in [3.8, 4) is 0 Å². The first kappa shape index (κ1) is 9.59. The molecule has 76 valence electrons. The van der Waals surface area contributed by atoms with Gasteiger partial charge < -0.3 is 5.73 Å². The monoisotopic (exact) mass is 191 g/mol. The molecule has 1 saturated carbocycles. The maximum absolute atomic E-state index is 5.74. The maximum Gasteiger partial charge on any atom is 0.115 e. The first-order valence-corrected chi connectivity index (χ1v) is 5.33. The molecule has 1 fully saturated rings. The number of rotatable bonds is 2. The fourth-order valence-electron chi connectivity index (χ4n) is 2.32. The minimum absolute atomic E-state index is 0.568. The summed E-state index contributed by atoms with van der Waals surface area (Å²) in [5.41, 5.74) is 9.16. The van der Waals surface area contributed by atoms with Gasteiger partial charge in [0.05, 0.1) is 5.69 Å². The van der Waals surface area contributed by atoms with Crippen LogP contribution in [0.15, 0.2) is 6.33 Å². The molecule has 1 aromatic rings. The van der Waals surface area contributed by atoms with Crippen molar-refractivity contribution in [1.29, 1.82) is 0 Å². The van der Waals surface area contributed by atoms with Crippen LogP contribution in [0.2, 0.25) is 0 Å². The van der Waals surface area contributed by atoms with E-state index >= 15 is 0 Å². The lowest BCUT2D eigenvalue weighted by molar-refractivity contribution is 0.676. The van der Waals surface area contributed by atoms with E-state index in [1.165, 1.54) is 36.9 Å². The van der Waals surface area contributed by atoms with Gasteiger partial charge >= 0.3 is 0 Å². The lowest BCUT2D eigenvalue weighted by Gasteiger charge is -2.13. The second-order valence-corrected chi connectivity index (χ2v) is 4.01. The van der Waals surface area contributed by atoms with E-state index in [0.29, 0.717) is 12.5 Å². The van der Waals surface area contributed by atoms with Gasteiger partial charge in [-0.3, -0.25) is 0 Å². The molecule has 1 aliphatic rings. The topological polar surface area (TPSA) is 51.8 Å². The minimum atomic E-state index is 0.568. The highest BCUT2D eigenvalue weighted by molar-refractivity contribution is 5.27. The summed E-state index contributed by atoms with van der Waals surface area (Å²) in [6.45, 7) is 2.58. The molecule has 1 aliphatic carbocycles. The van der Waals surface area contributed by atoms with Crippen LogP contribution in [0.3, 0.4) is 0 Å². The van der Waals surface area contributed by atoms with Gasteiger partial charge in [0.15, 0.2) is 0 Å². The zero-order valence-corrected chi connectivity index (χ0v) is 8.66. The Hall–Kier alpha value is -0.960. The van der Waals surface area contributed by atoms with Crippen LogP contribution in [0.1, 0.15) is 48.6 Å². The van der Waals surface area contributed by atoms with Crippen molar-refractivity contribution < 1.29 is 0 Å². The van der Waals surface area contributed by atoms with Crippen molar-refractivity contribution in [1.82, 2.24) is 9.97 Å². The molecule has 0 aromatic carbocycles. The minimum Gasteiger partial charge on any atom is -0.326 e. The Morgan fingerprint density at radius 3 is 2.71 bits per heavy atom. The number of hydrogen-bond acceptors (Lipinski definition) is 3. The van der Waals surface area contributed by atoms with Crippen LogP contribution in [0.5, 0.6) is 0 Å². The Morgan fingerprint density at radius 1 is 1.36 bits per heavy atom. The zero-order chi connectivity index (χ0) is 9.97. The largest absolute Gasteiger partial charge is 0.326 e. The van der Waals surface area contributed by atoms with Gasteiger partial charge in [0, 0.05) is 23.7 Å². The smallest absolute Gasteiger partial charge is 0.115 e. The molecule has 0 amide bonds. The van der Waals surface area contributed by atoms with E-state index in [2.05, 4.69) is 9.97 Å². The van der Waals surface area contributed by atoms with E-state index in [1.54, 1.807) is 6.33 Å². The summed E-state index contributed by atoms with van der Waals surface area (Å²) in [5.74, 6) is 0.634. The van der Waals surface area contributed by atoms with Crippen molar-refractivity contribution in [2.45, 2.75) is 45.1 Å². The van der Waals surface area contributed by atoms with Gasteiger partial charge in [-0.15, -0.1) is 0 Å². The Balaban J connectivity index is 2.35. The van der Waals surface area contributed by atoms with E-state index in [-0.39, 0.29) is 0 Å². The predicted octanol–water partition coefficient (Wildman–Crippen LogP) is 1.90. The van der Waals surface area contributed by atoms with Crippen molar-refractivity contribution >= 4 is 0 Å². The highest BCUT2D eigenvalue weighted by atomic mass is 14.9. The van der Waals surface area contributed by atoms with Gasteiger partial charge in [0.25, 0.3) is 0 Å². The first-order valence-electron chi connectivity index (χ1n) is 5.33. The summed E-state index contributed by atoms with van der Waals surface area (Å²) in [7, 11) is 0. The van der Waals surface area contributed by atoms with Gasteiger partial charge in [-0.25, -0.2) is 9.97 Å². The van der Waals surface area contributed by atoms with Crippen LogP contribution >= 0.6 is 0 Å². The lowest BCUT2D eigenvalue weighted by atomic mass is 9.98. The van der Waals surface area contributed by atoms with Crippen LogP contribution < -0.4 is 5.73 Å². The number of nitrogens with two attached hydrogens (primary N) is 1. The van der Waals surface area contributed by atoms with E-state index in [0.717, 1.165) is 5.69 Å². The summed E-state index contributed by atoms with van der Waals surface area (Å²) in [6, 6.07) is 0. The fraction of sp³-hybridized carbons (Fsp3) is 0.636. The molecule has 3 heteroatoms. The quantitative estimate of drug-likeness (QED) is 0.776. The number of nitrogens with zero attached hydrogens (tertiary/aromatic N) is 2. The molecule has 0 spiro atoms. The Labute approximate surface area is 84.8 Å². The molecule has 0 atom stereocenters. The van der Waals surface area contributed by atoms with Crippen molar-refractivity contribution in [2.24, 2.45) is 5.73 Å². The predicted molar refractivity (Wildman–Crippen MR) is 55.9 cm³/mol. The number of hydrogen-bond donors (Lipinski definition) is 1. The summed E-state index contributed by atoms with van der Waals surface area (Å²) >= 11 is 0. The molecule has 3 nitrogen and oxygen atoms in total. The Morgan fingerprint density at radius 2 is 2.07 bits per heavy atom. The van der Waals surface area contributed by atoms with E-state index in [9.17, 15) is 0 Å². The molecular formula is C11H17N3. The summed E-state index contributed by atoms with van der Waals surface area (Å²) in [4.78, 5) is 8.59. The molecule has 14 heavy (non-hydrogen) atoms. The second kappa shape index (κ2) is 4.05. The molecular weight excluding hydrogens is 174 g/mol. The van der Waals surface area contributed by atoms with Crippen LogP contribution in [0, 0.1) is 6.92 Å². The van der Waals surface area contributed by atoms with Crippen molar-refractivity contribution in [3.05, 3.63) is 23.3 Å². The third-order valence-corrected chi connectivity index (χ3v) is 3.14. The van der Waals surface area contributed by atoms with Gasteiger partial charge in [0.1, 0.15) is 6.33 Å².